The maximum atomic E-state index is 12.3. The van der Waals surface area contributed by atoms with Crippen LogP contribution >= 0.6 is 15.9 Å². The van der Waals surface area contributed by atoms with Crippen LogP contribution in [0.15, 0.2) is 28.7 Å². The third-order valence-electron chi connectivity index (χ3n) is 4.26. The van der Waals surface area contributed by atoms with E-state index in [4.69, 9.17) is 9.47 Å². The molecule has 2 rings (SSSR count). The molecule has 1 aliphatic heterocycles. The van der Waals surface area contributed by atoms with E-state index >= 15 is 0 Å². The van der Waals surface area contributed by atoms with Gasteiger partial charge in [0.1, 0.15) is 5.75 Å². The molecule has 0 aliphatic carbocycles. The largest absolute Gasteiger partial charge is 0.480 e. The molecule has 2 N–H and O–H groups in total. The normalized spacial score (nSPS) is 18.2. The molecule has 5 nitrogen and oxygen atoms in total. The molecule has 6 heteroatoms. The molecule has 0 saturated carbocycles. The van der Waals surface area contributed by atoms with Crippen molar-refractivity contribution >= 4 is 21.8 Å². The summed E-state index contributed by atoms with van der Waals surface area (Å²) in [5, 5.41) is 6.38. The number of ether oxygens (including phenoxy) is 2. The van der Waals surface area contributed by atoms with Crippen molar-refractivity contribution in [1.29, 1.82) is 0 Å². The fourth-order valence-corrected chi connectivity index (χ4v) is 3.22. The van der Waals surface area contributed by atoms with Gasteiger partial charge >= 0.3 is 0 Å². The summed E-state index contributed by atoms with van der Waals surface area (Å²) in [6, 6.07) is 7.52. The zero-order valence-electron chi connectivity index (χ0n) is 13.7. The van der Waals surface area contributed by atoms with E-state index in [0.717, 1.165) is 30.4 Å². The number of nitrogens with one attached hydrogen (secondary N) is 2. The maximum absolute atomic E-state index is 12.3. The van der Waals surface area contributed by atoms with E-state index in [0.29, 0.717) is 18.9 Å². The fourth-order valence-electron chi connectivity index (χ4n) is 2.84. The molecule has 1 unspecified atom stereocenters. The topological polar surface area (TPSA) is 59.6 Å². The van der Waals surface area contributed by atoms with Gasteiger partial charge in [0, 0.05) is 19.1 Å². The van der Waals surface area contributed by atoms with Gasteiger partial charge < -0.3 is 20.1 Å². The molecule has 0 bridgehead atoms. The highest BCUT2D eigenvalue weighted by atomic mass is 79.9. The van der Waals surface area contributed by atoms with Crippen LogP contribution in [0.4, 0.5) is 0 Å². The van der Waals surface area contributed by atoms with Gasteiger partial charge in [-0.05, 0) is 60.9 Å². The Hall–Kier alpha value is -1.11. The third kappa shape index (κ3) is 5.19. The van der Waals surface area contributed by atoms with Crippen LogP contribution in [-0.4, -0.2) is 45.4 Å². The first-order valence-corrected chi connectivity index (χ1v) is 8.74. The summed E-state index contributed by atoms with van der Waals surface area (Å²) < 4.78 is 12.0. The number of methoxy groups -OCH3 is 1. The number of hydrogen-bond acceptors (Lipinski definition) is 4. The predicted molar refractivity (Wildman–Crippen MR) is 93.7 cm³/mol. The van der Waals surface area contributed by atoms with Gasteiger partial charge in [0.05, 0.1) is 11.1 Å². The lowest BCUT2D eigenvalue weighted by molar-refractivity contribution is -0.128. The van der Waals surface area contributed by atoms with Crippen LogP contribution in [0.1, 0.15) is 19.8 Å². The van der Waals surface area contributed by atoms with Gasteiger partial charge in [0.15, 0.2) is 6.10 Å². The second kappa shape index (κ2) is 8.66. The van der Waals surface area contributed by atoms with Crippen molar-refractivity contribution in [1.82, 2.24) is 10.6 Å². The first-order chi connectivity index (χ1) is 11.1. The monoisotopic (exact) mass is 384 g/mol. The van der Waals surface area contributed by atoms with Crippen LogP contribution in [0.3, 0.4) is 0 Å². The summed E-state index contributed by atoms with van der Waals surface area (Å²) in [5.41, 5.74) is 0.0166. The number of para-hydroxylation sites is 1. The van der Waals surface area contributed by atoms with E-state index in [1.165, 1.54) is 0 Å². The van der Waals surface area contributed by atoms with Crippen LogP contribution in [0.25, 0.3) is 0 Å². The Morgan fingerprint density at radius 1 is 1.39 bits per heavy atom. The molecule has 0 radical (unpaired) electrons. The SMILES string of the molecule is COCC1(CNC(=O)C(C)Oc2ccccc2Br)CCNCC1. The van der Waals surface area contributed by atoms with Crippen molar-refractivity contribution < 1.29 is 14.3 Å². The number of halogens is 1. The zero-order chi connectivity index (χ0) is 16.7. The number of amides is 1. The molecular formula is C17H25BrN2O3. The number of hydrogen-bond donors (Lipinski definition) is 2. The van der Waals surface area contributed by atoms with Crippen molar-refractivity contribution in [2.24, 2.45) is 5.41 Å². The fraction of sp³-hybridized carbons (Fsp3) is 0.588. The highest BCUT2D eigenvalue weighted by Crippen LogP contribution is 2.28. The van der Waals surface area contributed by atoms with Gasteiger partial charge in [-0.2, -0.15) is 0 Å². The van der Waals surface area contributed by atoms with E-state index < -0.39 is 6.10 Å². The van der Waals surface area contributed by atoms with Crippen molar-refractivity contribution in [3.8, 4) is 5.75 Å². The van der Waals surface area contributed by atoms with Gasteiger partial charge in [-0.15, -0.1) is 0 Å². The molecule has 1 atom stereocenters. The van der Waals surface area contributed by atoms with Crippen LogP contribution in [0, 0.1) is 5.41 Å². The molecule has 0 aromatic heterocycles. The van der Waals surface area contributed by atoms with Crippen molar-refractivity contribution in [3.63, 3.8) is 0 Å². The number of benzene rings is 1. The number of carbonyl (C=O) groups is 1. The lowest BCUT2D eigenvalue weighted by Crippen LogP contribution is -2.49. The Balaban J connectivity index is 1.88. The highest BCUT2D eigenvalue weighted by molar-refractivity contribution is 9.10. The molecule has 1 saturated heterocycles. The Bertz CT molecular complexity index is 513. The molecule has 128 valence electrons. The average molecular weight is 385 g/mol. The summed E-state index contributed by atoms with van der Waals surface area (Å²) in [5.74, 6) is 0.568. The predicted octanol–water partition coefficient (Wildman–Crippen LogP) is 2.35. The summed E-state index contributed by atoms with van der Waals surface area (Å²) >= 11 is 3.42. The Morgan fingerprint density at radius 3 is 2.74 bits per heavy atom. The second-order valence-electron chi connectivity index (χ2n) is 6.09. The van der Waals surface area contributed by atoms with E-state index in [9.17, 15) is 4.79 Å². The first-order valence-electron chi connectivity index (χ1n) is 7.95. The van der Waals surface area contributed by atoms with Crippen LogP contribution in [0.2, 0.25) is 0 Å². The Morgan fingerprint density at radius 2 is 2.09 bits per heavy atom. The summed E-state index contributed by atoms with van der Waals surface area (Å²) in [4.78, 5) is 12.3. The second-order valence-corrected chi connectivity index (χ2v) is 6.95. The van der Waals surface area contributed by atoms with Gasteiger partial charge in [-0.25, -0.2) is 0 Å². The number of carbonyl (C=O) groups excluding carboxylic acids is 1. The van der Waals surface area contributed by atoms with E-state index in [1.54, 1.807) is 14.0 Å². The molecule has 1 aliphatic rings. The summed E-state index contributed by atoms with van der Waals surface area (Å²) in [6.45, 7) is 4.96. The quantitative estimate of drug-likeness (QED) is 0.757. The van der Waals surface area contributed by atoms with Gasteiger partial charge in [0.25, 0.3) is 5.91 Å². The van der Waals surface area contributed by atoms with Crippen LogP contribution < -0.4 is 15.4 Å². The van der Waals surface area contributed by atoms with E-state index in [-0.39, 0.29) is 11.3 Å². The van der Waals surface area contributed by atoms with Gasteiger partial charge in [-0.1, -0.05) is 12.1 Å². The standard InChI is InChI=1S/C17H25BrN2O3/c1-13(23-15-6-4-3-5-14(15)18)16(21)20-11-17(12-22-2)7-9-19-10-8-17/h3-6,13,19H,7-12H2,1-2H3,(H,20,21). The highest BCUT2D eigenvalue weighted by Gasteiger charge is 2.33. The lowest BCUT2D eigenvalue weighted by atomic mass is 9.79. The van der Waals surface area contributed by atoms with Gasteiger partial charge in [0.2, 0.25) is 0 Å². The van der Waals surface area contributed by atoms with E-state index in [2.05, 4.69) is 26.6 Å². The maximum Gasteiger partial charge on any atom is 0.260 e. The molecule has 1 aromatic carbocycles. The molecule has 23 heavy (non-hydrogen) atoms. The lowest BCUT2D eigenvalue weighted by Gasteiger charge is -2.37. The van der Waals surface area contributed by atoms with Gasteiger partial charge in [-0.3, -0.25) is 4.79 Å². The average Bonchev–Trinajstić information content (AvgIpc) is 2.56. The Labute approximate surface area is 146 Å². The molecular weight excluding hydrogens is 360 g/mol. The van der Waals surface area contributed by atoms with Crippen molar-refractivity contribution in [2.75, 3.05) is 33.4 Å². The van der Waals surface area contributed by atoms with Crippen molar-refractivity contribution in [2.45, 2.75) is 25.9 Å². The minimum absolute atomic E-state index is 0.0166. The smallest absolute Gasteiger partial charge is 0.260 e. The van der Waals surface area contributed by atoms with Crippen molar-refractivity contribution in [3.05, 3.63) is 28.7 Å². The Kier molecular flexibility index (Phi) is 6.87. The molecule has 1 aromatic rings. The molecule has 1 amide bonds. The minimum Gasteiger partial charge on any atom is -0.480 e. The summed E-state index contributed by atoms with van der Waals surface area (Å²) in [6.07, 6.45) is 1.45. The molecule has 1 fully saturated rings. The molecule has 1 heterocycles. The minimum atomic E-state index is -0.546. The zero-order valence-corrected chi connectivity index (χ0v) is 15.3. The van der Waals surface area contributed by atoms with Crippen LogP contribution in [0.5, 0.6) is 5.75 Å². The third-order valence-corrected chi connectivity index (χ3v) is 4.92. The number of piperidine rings is 1. The van der Waals surface area contributed by atoms with E-state index in [1.807, 2.05) is 24.3 Å². The summed E-state index contributed by atoms with van der Waals surface area (Å²) in [7, 11) is 1.71. The first kappa shape index (κ1) is 18.2. The number of rotatable bonds is 7. The van der Waals surface area contributed by atoms with Crippen LogP contribution in [-0.2, 0) is 9.53 Å². The molecule has 0 spiro atoms.